The third-order valence-corrected chi connectivity index (χ3v) is 1.40. The van der Waals surface area contributed by atoms with Gasteiger partial charge in [-0.2, -0.15) is 0 Å². The second-order valence-electron chi connectivity index (χ2n) is 3.03. The second-order valence-corrected chi connectivity index (χ2v) is 3.03. The lowest BCUT2D eigenvalue weighted by Crippen LogP contribution is -2.42. The number of aliphatic carboxylic acids is 1. The number of aliphatic hydroxyl groups is 1. The van der Waals surface area contributed by atoms with E-state index in [1.807, 2.05) is 0 Å². The first kappa shape index (κ1) is 12.0. The van der Waals surface area contributed by atoms with Crippen LogP contribution < -0.4 is 5.32 Å². The maximum Gasteiger partial charge on any atom is 0.320 e. The molecule has 6 heteroatoms. The number of nitroso groups, excluding NO2 is 1. The van der Waals surface area contributed by atoms with Crippen molar-refractivity contribution in [2.45, 2.75) is 38.6 Å². The van der Waals surface area contributed by atoms with Gasteiger partial charge in [-0.1, -0.05) is 13.8 Å². The molecule has 0 aliphatic carbocycles. The summed E-state index contributed by atoms with van der Waals surface area (Å²) >= 11 is 0. The number of rotatable bonds is 6. The van der Waals surface area contributed by atoms with Crippen LogP contribution in [0.5, 0.6) is 0 Å². The number of carboxylic acid groups (broad SMARTS) is 1. The highest BCUT2D eigenvalue weighted by Crippen LogP contribution is 2.01. The molecule has 0 heterocycles. The molecule has 0 aromatic carbocycles. The van der Waals surface area contributed by atoms with E-state index in [0.717, 1.165) is 0 Å². The maximum atomic E-state index is 10.6. The molecule has 0 amide bonds. The van der Waals surface area contributed by atoms with Crippen LogP contribution in [0.3, 0.4) is 0 Å². The third-order valence-electron chi connectivity index (χ3n) is 1.40. The van der Waals surface area contributed by atoms with Crippen molar-refractivity contribution in [1.29, 1.82) is 0 Å². The van der Waals surface area contributed by atoms with Crippen molar-refractivity contribution in [3.05, 3.63) is 4.91 Å². The smallest absolute Gasteiger partial charge is 0.320 e. The van der Waals surface area contributed by atoms with Gasteiger partial charge in [0.25, 0.3) is 0 Å². The predicted octanol–water partition coefficient (Wildman–Crippen LogP) is -0.0875. The Morgan fingerprint density at radius 1 is 1.54 bits per heavy atom. The monoisotopic (exact) mass is 190 g/mol. The molecule has 2 unspecified atom stereocenters. The summed E-state index contributed by atoms with van der Waals surface area (Å²) in [6.07, 6.45) is -1.68. The molecule has 0 saturated heterocycles. The Hall–Kier alpha value is -1.01. The van der Waals surface area contributed by atoms with Crippen molar-refractivity contribution in [3.63, 3.8) is 0 Å². The Morgan fingerprint density at radius 2 is 2.08 bits per heavy atom. The van der Waals surface area contributed by atoms with Crippen LogP contribution in [-0.2, 0) is 4.79 Å². The lowest BCUT2D eigenvalue weighted by molar-refractivity contribution is -0.140. The molecular weight excluding hydrogens is 176 g/mol. The van der Waals surface area contributed by atoms with Crippen molar-refractivity contribution in [3.8, 4) is 0 Å². The quantitative estimate of drug-likeness (QED) is 0.508. The van der Waals surface area contributed by atoms with Gasteiger partial charge in [-0.3, -0.25) is 4.79 Å². The fourth-order valence-corrected chi connectivity index (χ4v) is 0.896. The van der Waals surface area contributed by atoms with Crippen molar-refractivity contribution < 1.29 is 15.0 Å². The van der Waals surface area contributed by atoms with Gasteiger partial charge >= 0.3 is 5.97 Å². The zero-order valence-electron chi connectivity index (χ0n) is 7.60. The summed E-state index contributed by atoms with van der Waals surface area (Å²) in [6, 6.07) is -0.965. The van der Waals surface area contributed by atoms with E-state index in [-0.39, 0.29) is 12.5 Å². The SMILES string of the molecule is CC(C)NC(CC(O)N=O)C(=O)O. The minimum absolute atomic E-state index is 0.0278. The fourth-order valence-electron chi connectivity index (χ4n) is 0.896. The van der Waals surface area contributed by atoms with Crippen LogP contribution in [0.4, 0.5) is 0 Å². The van der Waals surface area contributed by atoms with E-state index < -0.39 is 18.2 Å². The average molecular weight is 190 g/mol. The summed E-state index contributed by atoms with van der Waals surface area (Å²) < 4.78 is 0. The van der Waals surface area contributed by atoms with Crippen LogP contribution >= 0.6 is 0 Å². The standard InChI is InChI=1S/C7H14N2O4/c1-4(2)8-5(7(11)12)3-6(10)9-13/h4-6,8,10H,3H2,1-2H3,(H,11,12). The molecule has 13 heavy (non-hydrogen) atoms. The van der Waals surface area contributed by atoms with Gasteiger partial charge < -0.3 is 15.5 Å². The number of hydrogen-bond donors (Lipinski definition) is 3. The molecule has 0 aromatic heterocycles. The Labute approximate surface area is 75.9 Å². The number of hydrogen-bond acceptors (Lipinski definition) is 5. The number of carboxylic acids is 1. The topological polar surface area (TPSA) is 99.0 Å². The van der Waals surface area contributed by atoms with Gasteiger partial charge in [-0.25, -0.2) is 0 Å². The Bertz CT molecular complexity index is 183. The first-order chi connectivity index (χ1) is 5.97. The molecule has 0 aliphatic rings. The van der Waals surface area contributed by atoms with Gasteiger partial charge in [-0.15, -0.1) is 4.91 Å². The molecule has 0 spiro atoms. The minimum Gasteiger partial charge on any atom is -0.480 e. The first-order valence-electron chi connectivity index (χ1n) is 3.96. The van der Waals surface area contributed by atoms with Crippen LogP contribution in [0.15, 0.2) is 5.18 Å². The van der Waals surface area contributed by atoms with E-state index in [0.29, 0.717) is 0 Å². The molecule has 0 aliphatic heterocycles. The molecule has 2 atom stereocenters. The number of nitrogens with zero attached hydrogens (tertiary/aromatic N) is 1. The van der Waals surface area contributed by atoms with Crippen LogP contribution in [0, 0.1) is 4.91 Å². The molecule has 0 rings (SSSR count). The third kappa shape index (κ3) is 5.26. The van der Waals surface area contributed by atoms with Crippen LogP contribution in [-0.4, -0.2) is 34.5 Å². The fraction of sp³-hybridized carbons (Fsp3) is 0.857. The van der Waals surface area contributed by atoms with Gasteiger partial charge in [0, 0.05) is 12.5 Å². The largest absolute Gasteiger partial charge is 0.480 e. The average Bonchev–Trinajstić information content (AvgIpc) is 2.02. The maximum absolute atomic E-state index is 10.6. The number of carbonyl (C=O) groups is 1. The molecule has 0 aromatic rings. The van der Waals surface area contributed by atoms with Gasteiger partial charge in [0.2, 0.25) is 0 Å². The minimum atomic E-state index is -1.47. The van der Waals surface area contributed by atoms with Crippen LogP contribution in [0.1, 0.15) is 20.3 Å². The highest BCUT2D eigenvalue weighted by molar-refractivity contribution is 5.73. The molecule has 0 saturated carbocycles. The highest BCUT2D eigenvalue weighted by atomic mass is 16.4. The number of aliphatic hydroxyl groups excluding tert-OH is 1. The van der Waals surface area contributed by atoms with Crippen molar-refractivity contribution in [2.24, 2.45) is 5.18 Å². The van der Waals surface area contributed by atoms with Crippen molar-refractivity contribution in [1.82, 2.24) is 5.32 Å². The van der Waals surface area contributed by atoms with Gasteiger partial charge in [-0.05, 0) is 5.18 Å². The summed E-state index contributed by atoms with van der Waals surface area (Å²) in [5, 5.41) is 22.5. The van der Waals surface area contributed by atoms with E-state index in [2.05, 4.69) is 10.5 Å². The van der Waals surface area contributed by atoms with E-state index in [4.69, 9.17) is 10.2 Å². The van der Waals surface area contributed by atoms with E-state index in [1.54, 1.807) is 13.8 Å². The van der Waals surface area contributed by atoms with E-state index in [9.17, 15) is 9.70 Å². The van der Waals surface area contributed by atoms with Crippen LogP contribution in [0.25, 0.3) is 0 Å². The summed E-state index contributed by atoms with van der Waals surface area (Å²) in [5.41, 5.74) is 0. The predicted molar refractivity (Wildman–Crippen MR) is 46.1 cm³/mol. The van der Waals surface area contributed by atoms with Gasteiger partial charge in [0.1, 0.15) is 6.04 Å². The molecule has 76 valence electrons. The summed E-state index contributed by atoms with van der Waals surface area (Å²) in [7, 11) is 0. The zero-order valence-corrected chi connectivity index (χ0v) is 7.60. The summed E-state index contributed by atoms with van der Waals surface area (Å²) in [5.74, 6) is -1.10. The second kappa shape index (κ2) is 5.60. The summed E-state index contributed by atoms with van der Waals surface area (Å²) in [4.78, 5) is 20.4. The molecule has 3 N–H and O–H groups in total. The molecule has 0 radical (unpaired) electrons. The Kier molecular flexibility index (Phi) is 5.17. The molecule has 0 fully saturated rings. The summed E-state index contributed by atoms with van der Waals surface area (Å²) in [6.45, 7) is 3.55. The van der Waals surface area contributed by atoms with Crippen molar-refractivity contribution >= 4 is 5.97 Å². The normalized spacial score (nSPS) is 15.4. The Morgan fingerprint density at radius 3 is 2.38 bits per heavy atom. The van der Waals surface area contributed by atoms with Crippen molar-refractivity contribution in [2.75, 3.05) is 0 Å². The Balaban J connectivity index is 4.09. The molecular formula is C7H14N2O4. The number of nitrogens with one attached hydrogen (secondary N) is 1. The lowest BCUT2D eigenvalue weighted by Gasteiger charge is -2.17. The van der Waals surface area contributed by atoms with Gasteiger partial charge in [0.05, 0.1) is 0 Å². The molecule has 6 nitrogen and oxygen atoms in total. The molecule has 0 bridgehead atoms. The first-order valence-corrected chi connectivity index (χ1v) is 3.96. The lowest BCUT2D eigenvalue weighted by atomic mass is 10.1. The van der Waals surface area contributed by atoms with Gasteiger partial charge in [0.15, 0.2) is 6.23 Å². The van der Waals surface area contributed by atoms with Crippen LogP contribution in [0.2, 0.25) is 0 Å². The zero-order chi connectivity index (χ0) is 10.4. The highest BCUT2D eigenvalue weighted by Gasteiger charge is 2.21. The van der Waals surface area contributed by atoms with E-state index >= 15 is 0 Å². The van der Waals surface area contributed by atoms with E-state index in [1.165, 1.54) is 0 Å².